The molecule has 0 bridgehead atoms. The predicted octanol–water partition coefficient (Wildman–Crippen LogP) is -0.225. The van der Waals surface area contributed by atoms with Crippen LogP contribution in [0.4, 0.5) is 0 Å². The van der Waals surface area contributed by atoms with Crippen molar-refractivity contribution in [2.24, 2.45) is 0 Å². The molecule has 0 amide bonds. The maximum Gasteiger partial charge on any atom is 0.0594 e. The fourth-order valence-electron chi connectivity index (χ4n) is 2.49. The normalized spacial score (nSPS) is 29.8. The Bertz CT molecular complexity index is 183. The third kappa shape index (κ3) is 3.14. The monoisotopic (exact) mass is 214 g/mol. The van der Waals surface area contributed by atoms with E-state index in [1.165, 1.54) is 12.8 Å². The summed E-state index contributed by atoms with van der Waals surface area (Å²) in [5.41, 5.74) is 0. The molecule has 0 aliphatic carbocycles. The van der Waals surface area contributed by atoms with Gasteiger partial charge in [0.1, 0.15) is 0 Å². The topological polar surface area (TPSA) is 35.9 Å². The highest BCUT2D eigenvalue weighted by molar-refractivity contribution is 4.79. The lowest BCUT2D eigenvalue weighted by molar-refractivity contribution is 0.0311. The fraction of sp³-hybridized carbons (Fsp3) is 1.00. The number of ether oxygens (including phenoxy) is 1. The van der Waals surface area contributed by atoms with Gasteiger partial charge in [-0.2, -0.15) is 0 Å². The molecule has 4 nitrogen and oxygen atoms in total. The molecule has 0 unspecified atom stereocenters. The van der Waals surface area contributed by atoms with Gasteiger partial charge in [0.05, 0.1) is 19.8 Å². The number of rotatable bonds is 4. The van der Waals surface area contributed by atoms with Gasteiger partial charge in [0.15, 0.2) is 0 Å². The van der Waals surface area contributed by atoms with Gasteiger partial charge in [-0.3, -0.25) is 9.80 Å². The first kappa shape index (κ1) is 11.3. The van der Waals surface area contributed by atoms with Crippen molar-refractivity contribution in [3.63, 3.8) is 0 Å². The molecule has 2 fully saturated rings. The van der Waals surface area contributed by atoms with E-state index in [4.69, 9.17) is 4.74 Å². The quantitative estimate of drug-likeness (QED) is 0.701. The molecule has 2 saturated heterocycles. The zero-order valence-electron chi connectivity index (χ0n) is 9.40. The van der Waals surface area contributed by atoms with Crippen LogP contribution >= 0.6 is 0 Å². The third-order valence-corrected chi connectivity index (χ3v) is 3.52. The second-order valence-electron chi connectivity index (χ2n) is 4.47. The fourth-order valence-corrected chi connectivity index (χ4v) is 2.49. The molecule has 0 aromatic carbocycles. The molecule has 0 aromatic heterocycles. The van der Waals surface area contributed by atoms with Crippen LogP contribution in [-0.2, 0) is 4.74 Å². The predicted molar refractivity (Wildman–Crippen MR) is 58.9 cm³/mol. The standard InChI is InChI=1S/C11H22N2O2/c14-10-11-2-1-3-13(11)5-4-12-6-8-15-9-7-12/h11,14H,1-10H2/t11-/m0/s1. The van der Waals surface area contributed by atoms with Gasteiger partial charge in [-0.05, 0) is 19.4 Å². The molecule has 4 heteroatoms. The maximum atomic E-state index is 9.20. The molecule has 0 aromatic rings. The summed E-state index contributed by atoms with van der Waals surface area (Å²) in [6.07, 6.45) is 2.41. The molecule has 2 rings (SSSR count). The van der Waals surface area contributed by atoms with Crippen molar-refractivity contribution < 1.29 is 9.84 Å². The molecule has 2 aliphatic heterocycles. The van der Waals surface area contributed by atoms with Gasteiger partial charge in [0, 0.05) is 32.2 Å². The minimum Gasteiger partial charge on any atom is -0.395 e. The van der Waals surface area contributed by atoms with Crippen LogP contribution in [-0.4, -0.2) is 73.5 Å². The Morgan fingerprint density at radius 1 is 1.13 bits per heavy atom. The van der Waals surface area contributed by atoms with Crippen LogP contribution in [0.15, 0.2) is 0 Å². The van der Waals surface area contributed by atoms with Gasteiger partial charge >= 0.3 is 0 Å². The number of hydrogen-bond donors (Lipinski definition) is 1. The first-order valence-corrected chi connectivity index (χ1v) is 6.05. The Hall–Kier alpha value is -0.160. The maximum absolute atomic E-state index is 9.20. The molecule has 2 heterocycles. The highest BCUT2D eigenvalue weighted by Crippen LogP contribution is 2.16. The Balaban J connectivity index is 1.67. The van der Waals surface area contributed by atoms with Crippen LogP contribution in [0.2, 0.25) is 0 Å². The Labute approximate surface area is 91.8 Å². The summed E-state index contributed by atoms with van der Waals surface area (Å²) in [6.45, 7) is 7.60. The van der Waals surface area contributed by atoms with Crippen molar-refractivity contribution in [1.29, 1.82) is 0 Å². The van der Waals surface area contributed by atoms with E-state index < -0.39 is 0 Å². The van der Waals surface area contributed by atoms with Crippen LogP contribution in [0.25, 0.3) is 0 Å². The lowest BCUT2D eigenvalue weighted by atomic mass is 10.2. The molecule has 0 saturated carbocycles. The van der Waals surface area contributed by atoms with Crippen molar-refractivity contribution in [3.8, 4) is 0 Å². The number of morpholine rings is 1. The summed E-state index contributed by atoms with van der Waals surface area (Å²) < 4.78 is 5.32. The minimum absolute atomic E-state index is 0.323. The lowest BCUT2D eigenvalue weighted by Gasteiger charge is -2.30. The molecular weight excluding hydrogens is 192 g/mol. The number of hydrogen-bond acceptors (Lipinski definition) is 4. The summed E-state index contributed by atoms with van der Waals surface area (Å²) in [7, 11) is 0. The first-order valence-electron chi connectivity index (χ1n) is 6.05. The van der Waals surface area contributed by atoms with Crippen molar-refractivity contribution in [1.82, 2.24) is 9.80 Å². The minimum atomic E-state index is 0.323. The molecule has 2 aliphatic rings. The summed E-state index contributed by atoms with van der Waals surface area (Å²) >= 11 is 0. The van der Waals surface area contributed by atoms with E-state index in [-0.39, 0.29) is 0 Å². The zero-order valence-corrected chi connectivity index (χ0v) is 9.40. The Morgan fingerprint density at radius 3 is 2.67 bits per heavy atom. The molecule has 0 radical (unpaired) electrons. The van der Waals surface area contributed by atoms with E-state index >= 15 is 0 Å². The highest BCUT2D eigenvalue weighted by Gasteiger charge is 2.23. The molecule has 1 N–H and O–H groups in total. The lowest BCUT2D eigenvalue weighted by Crippen LogP contribution is -2.43. The number of aliphatic hydroxyl groups is 1. The second-order valence-corrected chi connectivity index (χ2v) is 4.47. The Morgan fingerprint density at radius 2 is 1.93 bits per heavy atom. The van der Waals surface area contributed by atoms with E-state index in [1.54, 1.807) is 0 Å². The number of likely N-dealkylation sites (tertiary alicyclic amines) is 1. The molecular formula is C11H22N2O2. The average Bonchev–Trinajstić information content (AvgIpc) is 2.75. The number of aliphatic hydroxyl groups excluding tert-OH is 1. The van der Waals surface area contributed by atoms with Crippen LogP contribution in [0, 0.1) is 0 Å². The highest BCUT2D eigenvalue weighted by atomic mass is 16.5. The third-order valence-electron chi connectivity index (χ3n) is 3.52. The van der Waals surface area contributed by atoms with Crippen molar-refractivity contribution in [2.45, 2.75) is 18.9 Å². The molecule has 0 spiro atoms. The van der Waals surface area contributed by atoms with Crippen LogP contribution < -0.4 is 0 Å². The molecule has 1 atom stereocenters. The number of nitrogens with zero attached hydrogens (tertiary/aromatic N) is 2. The van der Waals surface area contributed by atoms with Crippen molar-refractivity contribution in [3.05, 3.63) is 0 Å². The van der Waals surface area contributed by atoms with E-state index in [0.717, 1.165) is 45.9 Å². The van der Waals surface area contributed by atoms with Crippen LogP contribution in [0.3, 0.4) is 0 Å². The van der Waals surface area contributed by atoms with E-state index in [1.807, 2.05) is 0 Å². The van der Waals surface area contributed by atoms with Gasteiger partial charge in [-0.25, -0.2) is 0 Å². The Kier molecular flexibility index (Phi) is 4.38. The van der Waals surface area contributed by atoms with Gasteiger partial charge in [0.2, 0.25) is 0 Å². The molecule has 15 heavy (non-hydrogen) atoms. The van der Waals surface area contributed by atoms with Gasteiger partial charge < -0.3 is 9.84 Å². The van der Waals surface area contributed by atoms with Crippen LogP contribution in [0.1, 0.15) is 12.8 Å². The summed E-state index contributed by atoms with van der Waals surface area (Å²) in [5, 5.41) is 9.20. The van der Waals surface area contributed by atoms with E-state index in [0.29, 0.717) is 12.6 Å². The second kappa shape index (κ2) is 5.80. The van der Waals surface area contributed by atoms with Crippen molar-refractivity contribution >= 4 is 0 Å². The average molecular weight is 214 g/mol. The van der Waals surface area contributed by atoms with Gasteiger partial charge in [-0.1, -0.05) is 0 Å². The summed E-state index contributed by atoms with van der Waals surface area (Å²) in [4.78, 5) is 4.88. The van der Waals surface area contributed by atoms with E-state index in [9.17, 15) is 5.11 Å². The van der Waals surface area contributed by atoms with Gasteiger partial charge in [-0.15, -0.1) is 0 Å². The van der Waals surface area contributed by atoms with Crippen LogP contribution in [0.5, 0.6) is 0 Å². The summed E-state index contributed by atoms with van der Waals surface area (Å²) in [6, 6.07) is 0.422. The van der Waals surface area contributed by atoms with Crippen molar-refractivity contribution in [2.75, 3.05) is 52.5 Å². The largest absolute Gasteiger partial charge is 0.395 e. The zero-order chi connectivity index (χ0) is 10.5. The van der Waals surface area contributed by atoms with Gasteiger partial charge in [0.25, 0.3) is 0 Å². The summed E-state index contributed by atoms with van der Waals surface area (Å²) in [5.74, 6) is 0. The molecule has 88 valence electrons. The SMILES string of the molecule is OC[C@@H]1CCCN1CCN1CCOCC1. The smallest absolute Gasteiger partial charge is 0.0594 e. The van der Waals surface area contributed by atoms with E-state index in [2.05, 4.69) is 9.80 Å². The first-order chi connectivity index (χ1) is 7.40.